The van der Waals surface area contributed by atoms with Crippen molar-refractivity contribution in [3.63, 3.8) is 0 Å². The molecule has 0 aliphatic heterocycles. The largest absolute Gasteiger partial charge is 0 e. The smallest absolute Gasteiger partial charge is 0 e. The van der Waals surface area contributed by atoms with Crippen LogP contribution in [0.15, 0.2) is 0 Å². The first-order valence-corrected chi connectivity index (χ1v) is 0. The summed E-state index contributed by atoms with van der Waals surface area (Å²) >= 11 is 0. The second-order valence-electron chi connectivity index (χ2n) is 0. The molecule has 2 radical (unpaired) electrons. The van der Waals surface area contributed by atoms with Gasteiger partial charge in [-0.3, -0.25) is 0 Å². The average molecular weight is 220 g/mol. The first kappa shape index (κ1) is 33.8. The van der Waals surface area contributed by atoms with Gasteiger partial charge in [0.05, 0.1) is 0 Å². The molecule has 0 aliphatic rings. The molecule has 0 amide bonds. The van der Waals surface area contributed by atoms with Gasteiger partial charge in [0.2, 0.25) is 0 Å². The van der Waals surface area contributed by atoms with E-state index in [2.05, 4.69) is 0 Å². The molecule has 0 aromatic heterocycles. The molecule has 0 aromatic carbocycles. The van der Waals surface area contributed by atoms with E-state index in [-0.39, 0.29) is 77.0 Å². The minimum Gasteiger partial charge on any atom is 0 e. The van der Waals surface area contributed by atoms with E-state index in [9.17, 15) is 0 Å². The maximum Gasteiger partial charge on any atom is 0 e. The molecular weight excluding hydrogens is 217 g/mol. The molecule has 4 heavy (non-hydrogen) atoms. The van der Waals surface area contributed by atoms with Gasteiger partial charge in [-0.05, 0) is 0 Å². The van der Waals surface area contributed by atoms with E-state index >= 15 is 0 Å². The molecule has 0 spiro atoms. The Morgan fingerprint density at radius 3 is 1.00 bits per heavy atom. The Balaban J connectivity index is 0. The zero-order valence-electron chi connectivity index (χ0n) is 1.46. The van der Waals surface area contributed by atoms with Crippen molar-refractivity contribution in [1.82, 2.24) is 0 Å². The molecule has 0 bridgehead atoms. The third-order valence-corrected chi connectivity index (χ3v) is 0. The number of rotatable bonds is 0. The molecule has 0 fully saturated rings. The van der Waals surface area contributed by atoms with Gasteiger partial charge in [0.25, 0.3) is 0 Å². The van der Waals surface area contributed by atoms with Crippen LogP contribution >= 0.6 is 0 Å². The molecule has 0 rings (SSSR count). The fourth-order valence-electron chi connectivity index (χ4n) is 0. The van der Waals surface area contributed by atoms with E-state index < -0.39 is 0 Å². The third kappa shape index (κ3) is 8.86. The number of hydrogen-bond donors (Lipinski definition) is 0. The van der Waals surface area contributed by atoms with Crippen LogP contribution in [-0.4, -0.2) is 24.3 Å². The predicted molar refractivity (Wildman–Crippen MR) is 10.8 cm³/mol. The van der Waals surface area contributed by atoms with Crippen molar-refractivity contribution in [1.29, 1.82) is 0 Å². The minimum atomic E-state index is 0. The van der Waals surface area contributed by atoms with Crippen LogP contribution in [0.1, 0.15) is 0 Å². The van der Waals surface area contributed by atoms with Crippen molar-refractivity contribution in [2.75, 3.05) is 0 Å². The molecule has 0 aliphatic carbocycles. The summed E-state index contributed by atoms with van der Waals surface area (Å²) in [4.78, 5) is 0. The summed E-state index contributed by atoms with van der Waals surface area (Å²) in [5.74, 6) is 0. The molecular formula is H3LaLiMnO. The fraction of sp³-hybridized carbons (Fsp3) is 0. The summed E-state index contributed by atoms with van der Waals surface area (Å²) in [6.45, 7) is 0. The molecule has 1 nitrogen and oxygen atoms in total. The van der Waals surface area contributed by atoms with E-state index in [1.54, 1.807) is 0 Å². The molecule has 0 unspecified atom stereocenters. The van der Waals surface area contributed by atoms with Crippen LogP contribution < -0.4 is 0 Å². The molecule has 0 heterocycles. The maximum atomic E-state index is 0. The van der Waals surface area contributed by atoms with E-state index in [0.717, 1.165) is 0 Å². The summed E-state index contributed by atoms with van der Waals surface area (Å²) in [6.07, 6.45) is 0. The van der Waals surface area contributed by atoms with E-state index in [4.69, 9.17) is 0 Å². The molecule has 0 atom stereocenters. The monoisotopic (exact) mass is 220 g/mol. The Kier molecular flexibility index (Phi) is 157. The quantitative estimate of drug-likeness (QED) is 0.446. The van der Waals surface area contributed by atoms with Crippen molar-refractivity contribution in [3.05, 3.63) is 0 Å². The molecule has 0 saturated heterocycles. The summed E-state index contributed by atoms with van der Waals surface area (Å²) in [7, 11) is 0. The van der Waals surface area contributed by atoms with Crippen molar-refractivity contribution < 1.29 is 58.1 Å². The van der Waals surface area contributed by atoms with Gasteiger partial charge in [-0.2, -0.15) is 0 Å². The minimum absolute atomic E-state index is 0. The second-order valence-corrected chi connectivity index (χ2v) is 0. The van der Waals surface area contributed by atoms with Gasteiger partial charge < -0.3 is 5.48 Å². The van der Waals surface area contributed by atoms with Gasteiger partial charge in [-0.1, -0.05) is 0 Å². The Morgan fingerprint density at radius 2 is 1.00 bits per heavy atom. The SMILES string of the molecule is O.[La].[LiH].[Mn]. The maximum absolute atomic E-state index is 0. The van der Waals surface area contributed by atoms with Gasteiger partial charge in [-0.15, -0.1) is 0 Å². The van der Waals surface area contributed by atoms with E-state index in [1.807, 2.05) is 0 Å². The predicted octanol–water partition coefficient (Wildman–Crippen LogP) is -1.48. The van der Waals surface area contributed by atoms with Crippen LogP contribution in [-0.2, 0) is 17.1 Å². The Hall–Kier alpha value is 2.27. The van der Waals surface area contributed by atoms with Gasteiger partial charge in [0, 0.05) is 52.7 Å². The van der Waals surface area contributed by atoms with Crippen LogP contribution in [0.25, 0.3) is 0 Å². The zero-order valence-corrected chi connectivity index (χ0v) is 6.26. The molecule has 4 heteroatoms. The Morgan fingerprint density at radius 1 is 1.00 bits per heavy atom. The van der Waals surface area contributed by atoms with Crippen molar-refractivity contribution in [2.45, 2.75) is 0 Å². The molecule has 2 N–H and O–H groups in total. The van der Waals surface area contributed by atoms with Crippen LogP contribution in [0.4, 0.5) is 0 Å². The number of hydrogen-bond acceptors (Lipinski definition) is 0. The summed E-state index contributed by atoms with van der Waals surface area (Å²) < 4.78 is 0. The molecule has 0 aromatic rings. The average Bonchev–Trinajstić information content (AvgIpc) is 0. The topological polar surface area (TPSA) is 31.5 Å². The van der Waals surface area contributed by atoms with Crippen LogP contribution in [0.5, 0.6) is 0 Å². The van der Waals surface area contributed by atoms with Gasteiger partial charge >= 0.3 is 18.9 Å². The van der Waals surface area contributed by atoms with Crippen LogP contribution in [0.2, 0.25) is 0 Å². The molecule has 0 saturated carbocycles. The Bertz CT molecular complexity index is 8.00. The summed E-state index contributed by atoms with van der Waals surface area (Å²) in [5, 5.41) is 0. The zero-order chi connectivity index (χ0) is 0. The first-order valence-electron chi connectivity index (χ1n) is 0. The Labute approximate surface area is 75.8 Å². The van der Waals surface area contributed by atoms with E-state index in [1.165, 1.54) is 0 Å². The summed E-state index contributed by atoms with van der Waals surface area (Å²) in [5.41, 5.74) is 0. The van der Waals surface area contributed by atoms with Crippen LogP contribution in [0, 0.1) is 35.6 Å². The second kappa shape index (κ2) is 18.6. The normalized spacial score (nSPS) is 0. The van der Waals surface area contributed by atoms with Crippen molar-refractivity contribution >= 4 is 18.9 Å². The fourth-order valence-corrected chi connectivity index (χ4v) is 0. The van der Waals surface area contributed by atoms with Crippen LogP contribution in [0.3, 0.4) is 0 Å². The molecule has 20 valence electrons. The summed E-state index contributed by atoms with van der Waals surface area (Å²) in [6, 6.07) is 0. The van der Waals surface area contributed by atoms with Crippen molar-refractivity contribution in [2.24, 2.45) is 0 Å². The van der Waals surface area contributed by atoms with Gasteiger partial charge in [-0.25, -0.2) is 0 Å². The third-order valence-electron chi connectivity index (χ3n) is 0. The first-order chi connectivity index (χ1) is 0. The van der Waals surface area contributed by atoms with Gasteiger partial charge in [0.1, 0.15) is 0 Å². The van der Waals surface area contributed by atoms with Crippen molar-refractivity contribution in [3.8, 4) is 0 Å². The van der Waals surface area contributed by atoms with Gasteiger partial charge in [0.15, 0.2) is 0 Å². The standard InChI is InChI=1S/La.Li.Mn.H2O.H/h;;;1H2;. The van der Waals surface area contributed by atoms with E-state index in [0.29, 0.717) is 0 Å².